The van der Waals surface area contributed by atoms with Gasteiger partial charge in [0.15, 0.2) is 0 Å². The second-order valence-electron chi connectivity index (χ2n) is 2.66. The number of aliphatic hydroxyl groups is 2. The summed E-state index contributed by atoms with van der Waals surface area (Å²) < 4.78 is 1.55. The van der Waals surface area contributed by atoms with Gasteiger partial charge in [0.1, 0.15) is 6.10 Å². The van der Waals surface area contributed by atoms with Crippen molar-refractivity contribution < 1.29 is 10.2 Å². The zero-order chi connectivity index (χ0) is 9.14. The minimum atomic E-state index is -0.903. The molecular weight excluding hydrogens is 158 g/mol. The second-order valence-corrected chi connectivity index (χ2v) is 2.66. The third-order valence-electron chi connectivity index (χ3n) is 1.71. The summed E-state index contributed by atoms with van der Waals surface area (Å²) in [4.78, 5) is 0. The van der Waals surface area contributed by atoms with Crippen molar-refractivity contribution in [3.8, 4) is 0 Å². The number of nitrogens with zero attached hydrogens (tertiary/aromatic N) is 3. The van der Waals surface area contributed by atoms with Crippen LogP contribution in [0.5, 0.6) is 0 Å². The van der Waals surface area contributed by atoms with Crippen molar-refractivity contribution in [2.45, 2.75) is 32.6 Å². The standard InChI is InChI=1S/C7H13N3O2/c1-3-10-6(4-8-9-10)7(12)5(2)11/h4-5,7,11-12H,3H2,1-2H3. The highest BCUT2D eigenvalue weighted by Gasteiger charge is 2.17. The second kappa shape index (κ2) is 3.64. The molecule has 2 N–H and O–H groups in total. The van der Waals surface area contributed by atoms with Gasteiger partial charge >= 0.3 is 0 Å². The summed E-state index contributed by atoms with van der Waals surface area (Å²) in [6.07, 6.45) is -0.241. The van der Waals surface area contributed by atoms with Crippen molar-refractivity contribution in [1.29, 1.82) is 0 Å². The summed E-state index contributed by atoms with van der Waals surface area (Å²) in [5.74, 6) is 0. The number of aliphatic hydroxyl groups excluding tert-OH is 2. The van der Waals surface area contributed by atoms with Crippen LogP contribution in [0.15, 0.2) is 6.20 Å². The van der Waals surface area contributed by atoms with Crippen molar-refractivity contribution in [3.63, 3.8) is 0 Å². The molecular formula is C7H13N3O2. The Morgan fingerprint density at radius 1 is 1.58 bits per heavy atom. The van der Waals surface area contributed by atoms with Crippen LogP contribution in [-0.4, -0.2) is 31.3 Å². The van der Waals surface area contributed by atoms with Gasteiger partial charge in [-0.3, -0.25) is 0 Å². The lowest BCUT2D eigenvalue weighted by atomic mass is 10.2. The highest BCUT2D eigenvalue weighted by molar-refractivity contribution is 5.00. The van der Waals surface area contributed by atoms with E-state index in [4.69, 9.17) is 5.11 Å². The molecule has 0 fully saturated rings. The Hall–Kier alpha value is -0.940. The molecule has 2 unspecified atom stereocenters. The van der Waals surface area contributed by atoms with Gasteiger partial charge in [-0.2, -0.15) is 0 Å². The smallest absolute Gasteiger partial charge is 0.123 e. The van der Waals surface area contributed by atoms with Crippen molar-refractivity contribution in [3.05, 3.63) is 11.9 Å². The zero-order valence-corrected chi connectivity index (χ0v) is 7.18. The van der Waals surface area contributed by atoms with Gasteiger partial charge in [0, 0.05) is 6.54 Å². The molecule has 1 heterocycles. The average Bonchev–Trinajstić information content (AvgIpc) is 2.49. The lowest BCUT2D eigenvalue weighted by molar-refractivity contribution is 0.0249. The molecule has 0 aliphatic rings. The van der Waals surface area contributed by atoms with E-state index in [9.17, 15) is 5.11 Å². The summed E-state index contributed by atoms with van der Waals surface area (Å²) in [6.45, 7) is 4.06. The number of rotatable bonds is 3. The summed E-state index contributed by atoms with van der Waals surface area (Å²) in [5, 5.41) is 25.9. The van der Waals surface area contributed by atoms with Crippen LogP contribution in [0.4, 0.5) is 0 Å². The SMILES string of the molecule is CCn1nncc1C(O)C(C)O. The first kappa shape index (κ1) is 9.15. The van der Waals surface area contributed by atoms with E-state index in [1.54, 1.807) is 4.68 Å². The van der Waals surface area contributed by atoms with Gasteiger partial charge in [0.25, 0.3) is 0 Å². The molecule has 5 heteroatoms. The van der Waals surface area contributed by atoms with Gasteiger partial charge in [-0.25, -0.2) is 4.68 Å². The van der Waals surface area contributed by atoms with Crippen LogP contribution < -0.4 is 0 Å². The van der Waals surface area contributed by atoms with Crippen LogP contribution in [0.25, 0.3) is 0 Å². The molecule has 68 valence electrons. The van der Waals surface area contributed by atoms with Gasteiger partial charge in [-0.15, -0.1) is 5.10 Å². The van der Waals surface area contributed by atoms with Gasteiger partial charge in [-0.05, 0) is 13.8 Å². The maximum absolute atomic E-state index is 9.45. The van der Waals surface area contributed by atoms with Crippen LogP contribution in [-0.2, 0) is 6.54 Å². The Morgan fingerprint density at radius 3 is 2.75 bits per heavy atom. The van der Waals surface area contributed by atoms with Crippen LogP contribution in [0.1, 0.15) is 25.6 Å². The van der Waals surface area contributed by atoms with Gasteiger partial charge in [0.2, 0.25) is 0 Å². The van der Waals surface area contributed by atoms with Crippen LogP contribution in [0, 0.1) is 0 Å². The highest BCUT2D eigenvalue weighted by Crippen LogP contribution is 2.14. The average molecular weight is 171 g/mol. The summed E-state index contributed by atoms with van der Waals surface area (Å²) in [7, 11) is 0. The van der Waals surface area contributed by atoms with E-state index in [0.717, 1.165) is 0 Å². The minimum Gasteiger partial charge on any atom is -0.390 e. The van der Waals surface area contributed by atoms with E-state index in [1.807, 2.05) is 6.92 Å². The first-order chi connectivity index (χ1) is 5.66. The number of aromatic nitrogens is 3. The maximum Gasteiger partial charge on any atom is 0.123 e. The van der Waals surface area contributed by atoms with E-state index in [2.05, 4.69) is 10.3 Å². The van der Waals surface area contributed by atoms with Gasteiger partial charge < -0.3 is 10.2 Å². The largest absolute Gasteiger partial charge is 0.390 e. The highest BCUT2D eigenvalue weighted by atomic mass is 16.3. The molecule has 0 amide bonds. The molecule has 0 radical (unpaired) electrons. The molecule has 1 rings (SSSR count). The molecule has 0 aliphatic carbocycles. The molecule has 2 atom stereocenters. The molecule has 1 aromatic heterocycles. The fraction of sp³-hybridized carbons (Fsp3) is 0.714. The van der Waals surface area contributed by atoms with Crippen LogP contribution >= 0.6 is 0 Å². The zero-order valence-electron chi connectivity index (χ0n) is 7.18. The molecule has 0 bridgehead atoms. The summed E-state index contributed by atoms with van der Waals surface area (Å²) in [5.41, 5.74) is 0.549. The Morgan fingerprint density at radius 2 is 2.25 bits per heavy atom. The van der Waals surface area contributed by atoms with Crippen LogP contribution in [0.3, 0.4) is 0 Å². The molecule has 5 nitrogen and oxygen atoms in total. The Balaban J connectivity index is 2.86. The Bertz CT molecular complexity index is 247. The Kier molecular flexibility index (Phi) is 2.78. The fourth-order valence-electron chi connectivity index (χ4n) is 0.988. The predicted molar refractivity (Wildman–Crippen MR) is 42.3 cm³/mol. The first-order valence-corrected chi connectivity index (χ1v) is 3.91. The fourth-order valence-corrected chi connectivity index (χ4v) is 0.988. The Labute approximate surface area is 70.6 Å². The molecule has 0 aliphatic heterocycles. The third-order valence-corrected chi connectivity index (χ3v) is 1.71. The monoisotopic (exact) mass is 171 g/mol. The van der Waals surface area contributed by atoms with Crippen molar-refractivity contribution in [1.82, 2.24) is 15.0 Å². The van der Waals surface area contributed by atoms with E-state index >= 15 is 0 Å². The molecule has 0 spiro atoms. The van der Waals surface area contributed by atoms with Crippen molar-refractivity contribution in [2.75, 3.05) is 0 Å². The molecule has 12 heavy (non-hydrogen) atoms. The topological polar surface area (TPSA) is 71.2 Å². The maximum atomic E-state index is 9.45. The van der Waals surface area contributed by atoms with Crippen molar-refractivity contribution >= 4 is 0 Å². The molecule has 0 aromatic carbocycles. The summed E-state index contributed by atoms with van der Waals surface area (Å²) >= 11 is 0. The summed E-state index contributed by atoms with van der Waals surface area (Å²) in [6, 6.07) is 0. The lowest BCUT2D eigenvalue weighted by Gasteiger charge is -2.13. The molecule has 0 saturated heterocycles. The third kappa shape index (κ3) is 1.62. The van der Waals surface area contributed by atoms with E-state index < -0.39 is 12.2 Å². The first-order valence-electron chi connectivity index (χ1n) is 3.91. The van der Waals surface area contributed by atoms with E-state index in [1.165, 1.54) is 13.1 Å². The van der Waals surface area contributed by atoms with Gasteiger partial charge in [0.05, 0.1) is 18.0 Å². The number of hydrogen-bond donors (Lipinski definition) is 2. The van der Waals surface area contributed by atoms with Crippen LogP contribution in [0.2, 0.25) is 0 Å². The molecule has 0 saturated carbocycles. The van der Waals surface area contributed by atoms with Gasteiger partial charge in [-0.1, -0.05) is 5.21 Å². The van der Waals surface area contributed by atoms with E-state index in [0.29, 0.717) is 12.2 Å². The predicted octanol–water partition coefficient (Wildman–Crippen LogP) is -0.288. The van der Waals surface area contributed by atoms with E-state index in [-0.39, 0.29) is 0 Å². The normalized spacial score (nSPS) is 16.0. The van der Waals surface area contributed by atoms with Crippen molar-refractivity contribution in [2.24, 2.45) is 0 Å². The lowest BCUT2D eigenvalue weighted by Crippen LogP contribution is -2.18. The quantitative estimate of drug-likeness (QED) is 0.655. The minimum absolute atomic E-state index is 0.549. The number of hydrogen-bond acceptors (Lipinski definition) is 4. The number of aryl methyl sites for hydroxylation is 1. The molecule has 1 aromatic rings.